The molecule has 0 saturated heterocycles. The van der Waals surface area contributed by atoms with Crippen LogP contribution in [-0.4, -0.2) is 68.5 Å². The molecule has 0 radical (unpaired) electrons. The number of unbranched alkanes of at least 4 members (excludes halogenated alkanes) is 39. The lowest BCUT2D eigenvalue weighted by molar-refractivity contribution is -0.870. The number of aliphatic hydroxyl groups is 1. The topological polar surface area (TPSA) is 108 Å². The van der Waals surface area contributed by atoms with E-state index in [-0.39, 0.29) is 12.5 Å². The molecule has 1 amide bonds. The number of likely N-dealkylation sites (N-methyl/N-ethyl adjacent to an activating group) is 1. The van der Waals surface area contributed by atoms with Gasteiger partial charge in [-0.05, 0) is 70.6 Å². The average Bonchev–Trinajstić information content (AvgIpc) is 3.38. The van der Waals surface area contributed by atoms with Crippen LogP contribution >= 0.6 is 7.82 Å². The summed E-state index contributed by atoms with van der Waals surface area (Å²) in [6.45, 7) is 4.64. The Bertz CT molecular complexity index is 1420. The predicted molar refractivity (Wildman–Crippen MR) is 330 cm³/mol. The number of amides is 1. The molecule has 0 fully saturated rings. The zero-order chi connectivity index (χ0) is 55.6. The molecule has 0 aromatic heterocycles. The van der Waals surface area contributed by atoms with Crippen molar-refractivity contribution in [3.8, 4) is 0 Å². The molecular weight excluding hydrogens is 960 g/mol. The van der Waals surface area contributed by atoms with Crippen LogP contribution in [0.2, 0.25) is 0 Å². The van der Waals surface area contributed by atoms with Crippen LogP contribution in [0, 0.1) is 0 Å². The van der Waals surface area contributed by atoms with Crippen molar-refractivity contribution in [3.05, 3.63) is 60.8 Å². The maximum Gasteiger partial charge on any atom is 0.268 e. The fourth-order valence-electron chi connectivity index (χ4n) is 9.59. The largest absolute Gasteiger partial charge is 0.756 e. The first kappa shape index (κ1) is 74.2. The number of allylic oxidation sites excluding steroid dienone is 9. The van der Waals surface area contributed by atoms with Crippen LogP contribution in [0.4, 0.5) is 0 Å². The molecule has 0 heterocycles. The Labute approximate surface area is 472 Å². The Morgan fingerprint density at radius 1 is 0.461 bits per heavy atom. The maximum atomic E-state index is 13.0. The molecule has 0 aromatic carbocycles. The minimum Gasteiger partial charge on any atom is -0.756 e. The summed E-state index contributed by atoms with van der Waals surface area (Å²) < 4.78 is 23.4. The van der Waals surface area contributed by atoms with E-state index in [2.05, 4.69) is 67.8 Å². The predicted octanol–water partition coefficient (Wildman–Crippen LogP) is 19.8. The average molecular weight is 1090 g/mol. The number of carbonyl (C=O) groups excluding carboxylic acids is 1. The van der Waals surface area contributed by atoms with Crippen molar-refractivity contribution >= 4 is 13.7 Å². The lowest BCUT2D eigenvalue weighted by Gasteiger charge is -2.29. The van der Waals surface area contributed by atoms with Gasteiger partial charge in [0.15, 0.2) is 0 Å². The lowest BCUT2D eigenvalue weighted by Crippen LogP contribution is -2.45. The first-order valence-corrected chi connectivity index (χ1v) is 34.1. The molecule has 0 aliphatic carbocycles. The molecule has 0 spiro atoms. The van der Waals surface area contributed by atoms with Gasteiger partial charge in [0.2, 0.25) is 5.91 Å². The Morgan fingerprint density at radius 3 is 1.16 bits per heavy atom. The Morgan fingerprint density at radius 2 is 0.776 bits per heavy atom. The third-order valence-corrected chi connectivity index (χ3v) is 15.7. The highest BCUT2D eigenvalue weighted by atomic mass is 31.2. The second-order valence-corrected chi connectivity index (χ2v) is 24.9. The quantitative estimate of drug-likeness (QED) is 0.0272. The molecule has 8 nitrogen and oxygen atoms in total. The third-order valence-electron chi connectivity index (χ3n) is 14.7. The SMILES string of the molecule is CCCCCCC/C=C\C/C=C\C/C=C\CCCCCCCCCCC(=O)NC(COP(=O)([O-])OCC[N+](C)(C)C)C(O)/C=C/CC/C=C/CCCCCCCCCCCCCCCCCCCCCCCCCCC. The number of hydrogen-bond donors (Lipinski definition) is 2. The number of aliphatic hydroxyl groups excluding tert-OH is 1. The minimum absolute atomic E-state index is 0.00963. The summed E-state index contributed by atoms with van der Waals surface area (Å²) in [7, 11) is 1.24. The van der Waals surface area contributed by atoms with Crippen molar-refractivity contribution in [1.29, 1.82) is 0 Å². The minimum atomic E-state index is -4.61. The molecule has 3 unspecified atom stereocenters. The summed E-state index contributed by atoms with van der Waals surface area (Å²) in [6.07, 6.45) is 79.0. The van der Waals surface area contributed by atoms with E-state index in [4.69, 9.17) is 9.05 Å². The molecule has 0 aliphatic rings. The van der Waals surface area contributed by atoms with Gasteiger partial charge in [0.05, 0.1) is 39.9 Å². The van der Waals surface area contributed by atoms with E-state index >= 15 is 0 Å². The van der Waals surface area contributed by atoms with E-state index in [0.717, 1.165) is 64.2 Å². The van der Waals surface area contributed by atoms with E-state index < -0.39 is 26.6 Å². The van der Waals surface area contributed by atoms with Crippen molar-refractivity contribution in [2.45, 2.75) is 321 Å². The van der Waals surface area contributed by atoms with Gasteiger partial charge in [-0.2, -0.15) is 0 Å². The van der Waals surface area contributed by atoms with E-state index in [9.17, 15) is 19.4 Å². The smallest absolute Gasteiger partial charge is 0.268 e. The summed E-state index contributed by atoms with van der Waals surface area (Å²) in [5.74, 6) is -0.213. The van der Waals surface area contributed by atoms with Gasteiger partial charge in [-0.1, -0.05) is 293 Å². The highest BCUT2D eigenvalue weighted by molar-refractivity contribution is 7.45. The van der Waals surface area contributed by atoms with Crippen molar-refractivity contribution in [3.63, 3.8) is 0 Å². The van der Waals surface area contributed by atoms with Gasteiger partial charge in [-0.3, -0.25) is 9.36 Å². The van der Waals surface area contributed by atoms with E-state index in [1.54, 1.807) is 6.08 Å². The normalized spacial score (nSPS) is 14.1. The summed E-state index contributed by atoms with van der Waals surface area (Å²) in [6, 6.07) is -0.912. The number of carbonyl (C=O) groups is 1. The number of phosphoric acid groups is 1. The second kappa shape index (κ2) is 57.9. The molecule has 3 atom stereocenters. The zero-order valence-electron chi connectivity index (χ0n) is 51.0. The molecule has 446 valence electrons. The van der Waals surface area contributed by atoms with Gasteiger partial charge in [0.25, 0.3) is 7.82 Å². The standard InChI is InChI=1S/C67H127N2O6P/c1-6-8-10-12-14-16-18-20-22-24-26-28-30-31-32-33-34-35-36-37-39-40-42-44-46-48-50-52-54-56-58-60-66(70)65(64-75-76(72,73)74-63-62-69(3,4)5)68-67(71)61-59-57-55-53-51-49-47-45-43-41-38-29-27-25-23-21-19-17-15-13-11-9-7-2/h19,21,25,27,38,41,50,52,58,60,65-66,70H,6-18,20,22-24,26,28-37,39-40,42-49,51,53-57,59,61-64H2,1-5H3,(H-,68,71,72,73)/b21-19-,27-25-,41-38-,52-50+,60-58+. The molecule has 2 N–H and O–H groups in total. The maximum absolute atomic E-state index is 13.0. The van der Waals surface area contributed by atoms with Crippen molar-refractivity contribution in [2.24, 2.45) is 0 Å². The highest BCUT2D eigenvalue weighted by Crippen LogP contribution is 2.38. The van der Waals surface area contributed by atoms with E-state index in [1.807, 2.05) is 27.2 Å². The van der Waals surface area contributed by atoms with Crippen LogP contribution in [-0.2, 0) is 18.4 Å². The zero-order valence-corrected chi connectivity index (χ0v) is 51.9. The third kappa shape index (κ3) is 59.9. The fourth-order valence-corrected chi connectivity index (χ4v) is 10.3. The Kier molecular flexibility index (Phi) is 56.5. The van der Waals surface area contributed by atoms with Crippen molar-refractivity contribution in [2.75, 3.05) is 40.9 Å². The molecule has 0 aromatic rings. The van der Waals surface area contributed by atoms with Crippen LogP contribution in [0.15, 0.2) is 60.8 Å². The summed E-state index contributed by atoms with van der Waals surface area (Å²) in [5.41, 5.74) is 0. The Balaban J connectivity index is 4.17. The van der Waals surface area contributed by atoms with Crippen LogP contribution in [0.1, 0.15) is 309 Å². The number of quaternary nitrogens is 1. The highest BCUT2D eigenvalue weighted by Gasteiger charge is 2.23. The monoisotopic (exact) mass is 1090 g/mol. The number of hydrogen-bond acceptors (Lipinski definition) is 6. The van der Waals surface area contributed by atoms with Gasteiger partial charge < -0.3 is 28.8 Å². The van der Waals surface area contributed by atoms with Crippen LogP contribution in [0.3, 0.4) is 0 Å². The number of nitrogens with one attached hydrogen (secondary N) is 1. The van der Waals surface area contributed by atoms with E-state index in [0.29, 0.717) is 17.4 Å². The molecular formula is C67H127N2O6P. The molecule has 0 saturated carbocycles. The summed E-state index contributed by atoms with van der Waals surface area (Å²) >= 11 is 0. The van der Waals surface area contributed by atoms with Gasteiger partial charge in [-0.15, -0.1) is 0 Å². The van der Waals surface area contributed by atoms with Crippen LogP contribution in [0.5, 0.6) is 0 Å². The molecule has 0 bridgehead atoms. The molecule has 9 heteroatoms. The van der Waals surface area contributed by atoms with Crippen molar-refractivity contribution in [1.82, 2.24) is 5.32 Å². The second-order valence-electron chi connectivity index (χ2n) is 23.5. The van der Waals surface area contributed by atoms with Crippen LogP contribution in [0.25, 0.3) is 0 Å². The molecule has 0 aliphatic heterocycles. The number of phosphoric ester groups is 1. The first-order chi connectivity index (χ1) is 37.0. The lowest BCUT2D eigenvalue weighted by atomic mass is 10.0. The summed E-state index contributed by atoms with van der Waals surface area (Å²) in [5, 5.41) is 13.9. The van der Waals surface area contributed by atoms with Gasteiger partial charge in [0, 0.05) is 6.42 Å². The first-order valence-electron chi connectivity index (χ1n) is 32.7. The summed E-state index contributed by atoms with van der Waals surface area (Å²) in [4.78, 5) is 25.6. The fraction of sp³-hybridized carbons (Fsp3) is 0.836. The van der Waals surface area contributed by atoms with Crippen LogP contribution < -0.4 is 10.2 Å². The van der Waals surface area contributed by atoms with E-state index in [1.165, 1.54) is 225 Å². The van der Waals surface area contributed by atoms with Gasteiger partial charge >= 0.3 is 0 Å². The number of rotatable bonds is 60. The van der Waals surface area contributed by atoms with Gasteiger partial charge in [0.1, 0.15) is 13.2 Å². The number of nitrogens with zero attached hydrogens (tertiary/aromatic N) is 1. The Hall–Kier alpha value is -1.80. The van der Waals surface area contributed by atoms with Crippen molar-refractivity contribution < 1.29 is 32.9 Å². The molecule has 76 heavy (non-hydrogen) atoms. The molecule has 0 rings (SSSR count). The van der Waals surface area contributed by atoms with Gasteiger partial charge in [-0.25, -0.2) is 0 Å².